The Kier molecular flexibility index (Phi) is 5.77. The van der Waals surface area contributed by atoms with Crippen LogP contribution in [0.2, 0.25) is 0 Å². The number of aromatic nitrogens is 1. The van der Waals surface area contributed by atoms with Crippen LogP contribution < -0.4 is 16.8 Å². The maximum atomic E-state index is 11.9. The van der Waals surface area contributed by atoms with E-state index in [1.165, 1.54) is 6.92 Å². The third kappa shape index (κ3) is 3.48. The Balaban J connectivity index is 0.00000242. The summed E-state index contributed by atoms with van der Waals surface area (Å²) in [5, 5.41) is 6.09. The monoisotopic (exact) mass is 300 g/mol. The molecule has 0 bridgehead atoms. The van der Waals surface area contributed by atoms with Gasteiger partial charge in [-0.15, -0.1) is 0 Å². The predicted molar refractivity (Wildman–Crippen MR) is 87.9 cm³/mol. The van der Waals surface area contributed by atoms with Crippen molar-refractivity contribution in [2.45, 2.75) is 6.92 Å². The van der Waals surface area contributed by atoms with Gasteiger partial charge in [-0.1, -0.05) is 24.8 Å². The molecule has 0 saturated heterocycles. The maximum absolute atomic E-state index is 11.9. The van der Waals surface area contributed by atoms with Crippen LogP contribution in [-0.2, 0) is 4.79 Å². The van der Waals surface area contributed by atoms with E-state index in [1.54, 1.807) is 19.3 Å². The largest absolute Gasteiger partial charge is 0.355 e. The molecule has 6 nitrogen and oxygen atoms in total. The minimum Gasteiger partial charge on any atom is -0.355 e. The van der Waals surface area contributed by atoms with Gasteiger partial charge in [-0.05, 0) is 11.6 Å². The number of pyridine rings is 1. The molecule has 22 heavy (non-hydrogen) atoms. The van der Waals surface area contributed by atoms with Gasteiger partial charge in [0.25, 0.3) is 5.91 Å². The normalized spacial score (nSPS) is 9.73. The molecular formula is C16H20N4O2. The van der Waals surface area contributed by atoms with E-state index in [2.05, 4.69) is 22.2 Å². The molecule has 2 rings (SSSR count). The number of hydrogen-bond acceptors (Lipinski definition) is 4. The van der Waals surface area contributed by atoms with E-state index in [1.807, 2.05) is 18.2 Å². The first-order chi connectivity index (χ1) is 10.0. The number of fused-ring (bicyclic) bond motifs is 1. The molecule has 0 spiro atoms. The van der Waals surface area contributed by atoms with Crippen molar-refractivity contribution < 1.29 is 9.59 Å². The van der Waals surface area contributed by atoms with Gasteiger partial charge in [0.2, 0.25) is 5.91 Å². The molecule has 0 unspecified atom stereocenters. The molecule has 116 valence electrons. The van der Waals surface area contributed by atoms with Crippen molar-refractivity contribution in [3.05, 3.63) is 48.2 Å². The van der Waals surface area contributed by atoms with Gasteiger partial charge in [0.15, 0.2) is 0 Å². The highest BCUT2D eigenvalue weighted by molar-refractivity contribution is 6.07. The van der Waals surface area contributed by atoms with E-state index >= 15 is 0 Å². The van der Waals surface area contributed by atoms with E-state index < -0.39 is 0 Å². The molecule has 2 aromatic rings. The summed E-state index contributed by atoms with van der Waals surface area (Å²) in [5.74, 6) is -0.276. The van der Waals surface area contributed by atoms with Crippen LogP contribution in [-0.4, -0.2) is 30.4 Å². The average molecular weight is 300 g/mol. The summed E-state index contributed by atoms with van der Waals surface area (Å²) in [5.41, 5.74) is 2.84. The number of carbonyl (C=O) groups excluding carboxylic acids is 2. The topological polar surface area (TPSA) is 106 Å². The van der Waals surface area contributed by atoms with E-state index in [-0.39, 0.29) is 18.0 Å². The number of rotatable bonds is 4. The van der Waals surface area contributed by atoms with Crippen molar-refractivity contribution in [2.75, 3.05) is 13.6 Å². The number of nitrogens with one attached hydrogen (secondary N) is 2. The van der Waals surface area contributed by atoms with Crippen LogP contribution in [0.5, 0.6) is 0 Å². The fraction of sp³-hybridized carbons (Fsp3) is 0.188. The van der Waals surface area contributed by atoms with Gasteiger partial charge >= 0.3 is 0 Å². The summed E-state index contributed by atoms with van der Waals surface area (Å²) < 4.78 is 0. The summed E-state index contributed by atoms with van der Waals surface area (Å²) >= 11 is 0. The average Bonchev–Trinajstić information content (AvgIpc) is 2.50. The van der Waals surface area contributed by atoms with Crippen molar-refractivity contribution in [3.8, 4) is 0 Å². The Hall–Kier alpha value is -2.73. The fourth-order valence-corrected chi connectivity index (χ4v) is 2.12. The Labute approximate surface area is 129 Å². The molecule has 1 aromatic carbocycles. The summed E-state index contributed by atoms with van der Waals surface area (Å²) in [6.07, 6.45) is 1.60. The van der Waals surface area contributed by atoms with E-state index in [9.17, 15) is 9.59 Å². The first-order valence-corrected chi connectivity index (χ1v) is 6.57. The van der Waals surface area contributed by atoms with Crippen molar-refractivity contribution in [1.82, 2.24) is 21.8 Å². The van der Waals surface area contributed by atoms with Gasteiger partial charge in [-0.2, -0.15) is 0 Å². The Morgan fingerprint density at radius 2 is 1.95 bits per heavy atom. The first-order valence-electron chi connectivity index (χ1n) is 6.57. The first kappa shape index (κ1) is 17.3. The molecular weight excluding hydrogens is 280 g/mol. The van der Waals surface area contributed by atoms with E-state index in [0.29, 0.717) is 17.6 Å². The van der Waals surface area contributed by atoms with Gasteiger partial charge in [-0.3, -0.25) is 14.6 Å². The van der Waals surface area contributed by atoms with Gasteiger partial charge < -0.3 is 16.8 Å². The zero-order chi connectivity index (χ0) is 15.4. The minimum atomic E-state index is -0.160. The Morgan fingerprint density at radius 3 is 2.59 bits per heavy atom. The molecule has 0 aliphatic rings. The summed E-state index contributed by atoms with van der Waals surface area (Å²) in [6, 6.07) is 7.27. The van der Waals surface area contributed by atoms with Crippen molar-refractivity contribution in [3.63, 3.8) is 0 Å². The van der Waals surface area contributed by atoms with Crippen LogP contribution in [0.25, 0.3) is 16.5 Å². The molecule has 0 fully saturated rings. The van der Waals surface area contributed by atoms with Crippen LogP contribution in [0.1, 0.15) is 22.8 Å². The molecule has 1 heterocycles. The summed E-state index contributed by atoms with van der Waals surface area (Å²) in [6.45, 7) is 5.79. The van der Waals surface area contributed by atoms with Crippen molar-refractivity contribution >= 4 is 28.3 Å². The third-order valence-electron chi connectivity index (χ3n) is 3.17. The number of para-hydroxylation sites is 1. The number of benzene rings is 1. The molecule has 0 atom stereocenters. The Morgan fingerprint density at radius 1 is 1.23 bits per heavy atom. The molecule has 0 aliphatic heterocycles. The molecule has 0 radical (unpaired) electrons. The number of nitrogens with zero attached hydrogens (tertiary/aromatic N) is 1. The van der Waals surface area contributed by atoms with Crippen LogP contribution >= 0.6 is 0 Å². The fourth-order valence-electron chi connectivity index (χ4n) is 2.12. The molecule has 1 aromatic heterocycles. The minimum absolute atomic E-state index is 0. The van der Waals surface area contributed by atoms with Crippen LogP contribution in [0, 0.1) is 0 Å². The van der Waals surface area contributed by atoms with Gasteiger partial charge in [0.1, 0.15) is 0 Å². The Bertz CT molecular complexity index is 725. The molecule has 0 saturated carbocycles. The lowest BCUT2D eigenvalue weighted by molar-refractivity contribution is -0.118. The van der Waals surface area contributed by atoms with Gasteiger partial charge in [0.05, 0.1) is 11.1 Å². The highest BCUT2D eigenvalue weighted by atomic mass is 16.2. The highest BCUT2D eigenvalue weighted by Gasteiger charge is 2.12. The number of amides is 2. The quantitative estimate of drug-likeness (QED) is 0.801. The summed E-state index contributed by atoms with van der Waals surface area (Å²) in [4.78, 5) is 27.3. The summed E-state index contributed by atoms with van der Waals surface area (Å²) in [7, 11) is 1.59. The van der Waals surface area contributed by atoms with Crippen LogP contribution in [0.4, 0.5) is 0 Å². The smallest absolute Gasteiger partial charge is 0.251 e. The van der Waals surface area contributed by atoms with Gasteiger partial charge in [-0.25, -0.2) is 0 Å². The lowest BCUT2D eigenvalue weighted by Crippen LogP contribution is -2.21. The van der Waals surface area contributed by atoms with E-state index in [0.717, 1.165) is 16.5 Å². The lowest BCUT2D eigenvalue weighted by atomic mass is 10.00. The highest BCUT2D eigenvalue weighted by Crippen LogP contribution is 2.24. The van der Waals surface area contributed by atoms with Crippen molar-refractivity contribution in [2.24, 2.45) is 0 Å². The third-order valence-corrected chi connectivity index (χ3v) is 3.17. The second kappa shape index (κ2) is 7.33. The van der Waals surface area contributed by atoms with E-state index in [4.69, 9.17) is 0 Å². The number of hydrogen-bond donors (Lipinski definition) is 3. The van der Waals surface area contributed by atoms with Crippen LogP contribution in [0.3, 0.4) is 0 Å². The zero-order valence-electron chi connectivity index (χ0n) is 12.8. The molecule has 2 amide bonds. The van der Waals surface area contributed by atoms with Crippen molar-refractivity contribution in [1.29, 1.82) is 0 Å². The molecule has 0 aliphatic carbocycles. The second-order valence-electron chi connectivity index (χ2n) is 4.65. The maximum Gasteiger partial charge on any atom is 0.251 e. The molecule has 6 heteroatoms. The van der Waals surface area contributed by atoms with Gasteiger partial charge in [0, 0.05) is 37.7 Å². The standard InChI is InChI=1S/C16H17N3O2.H3N/c1-10(9-19-11(2)20)12-5-4-6-13-14(16(21)17-3)7-8-18-15(12)13;/h4-8H,1,9H2,2-3H3,(H,17,21)(H,19,20);1H3. The lowest BCUT2D eigenvalue weighted by Gasteiger charge is -2.11. The zero-order valence-corrected chi connectivity index (χ0v) is 12.8. The number of carbonyl (C=O) groups is 2. The van der Waals surface area contributed by atoms with Crippen LogP contribution in [0.15, 0.2) is 37.0 Å². The SMILES string of the molecule is C=C(CNC(C)=O)c1cccc2c(C(=O)NC)ccnc12.N. The predicted octanol–water partition coefficient (Wildman–Crippen LogP) is 1.91. The molecule has 5 N–H and O–H groups in total. The second-order valence-corrected chi connectivity index (χ2v) is 4.65.